The van der Waals surface area contributed by atoms with Gasteiger partial charge in [-0.2, -0.15) is 0 Å². The predicted molar refractivity (Wildman–Crippen MR) is 59.8 cm³/mol. The van der Waals surface area contributed by atoms with Gasteiger partial charge >= 0.3 is 0 Å². The molecule has 2 aromatic rings. The molecule has 0 aromatic heterocycles. The van der Waals surface area contributed by atoms with Crippen molar-refractivity contribution in [3.8, 4) is 0 Å². The number of nitrogens with zero attached hydrogens (tertiary/aromatic N) is 1. The van der Waals surface area contributed by atoms with Crippen molar-refractivity contribution in [2.24, 2.45) is 0 Å². The minimum Gasteiger partial charge on any atom is -0.114 e. The first kappa shape index (κ1) is 9.40. The molecule has 0 bridgehead atoms. The zero-order valence-corrected chi connectivity index (χ0v) is 8.13. The molecular formula is C12H11N2O+. The van der Waals surface area contributed by atoms with Gasteiger partial charge in [0.15, 0.2) is 4.87 Å². The average molecular weight is 199 g/mol. The number of nitrogens with one attached hydrogen (secondary N) is 1. The van der Waals surface area contributed by atoms with Gasteiger partial charge in [-0.05, 0) is 12.1 Å². The van der Waals surface area contributed by atoms with E-state index in [2.05, 4.69) is 5.43 Å². The lowest BCUT2D eigenvalue weighted by atomic mass is 10.3. The molecule has 0 fully saturated rings. The fourth-order valence-corrected chi connectivity index (χ4v) is 1.26. The van der Waals surface area contributed by atoms with Crippen molar-refractivity contribution in [3.63, 3.8) is 0 Å². The van der Waals surface area contributed by atoms with E-state index in [0.29, 0.717) is 5.69 Å². The lowest BCUT2D eigenvalue weighted by molar-refractivity contribution is -0.427. The van der Waals surface area contributed by atoms with Crippen LogP contribution in [0.4, 0.5) is 11.4 Å². The smallest absolute Gasteiger partial charge is 0.114 e. The predicted octanol–water partition coefficient (Wildman–Crippen LogP) is 3.12. The molecule has 3 heteroatoms. The van der Waals surface area contributed by atoms with Crippen LogP contribution in [0.15, 0.2) is 60.7 Å². The Kier molecular flexibility index (Phi) is 2.74. The van der Waals surface area contributed by atoms with Crippen LogP contribution in [0.5, 0.6) is 0 Å². The molecule has 2 aromatic carbocycles. The van der Waals surface area contributed by atoms with Crippen LogP contribution in [0.1, 0.15) is 0 Å². The van der Waals surface area contributed by atoms with Gasteiger partial charge in [0.05, 0.1) is 4.91 Å². The summed E-state index contributed by atoms with van der Waals surface area (Å²) in [5, 5.41) is 0. The lowest BCUT2D eigenvalue weighted by Crippen LogP contribution is -2.09. The number of hydrazine groups is 1. The van der Waals surface area contributed by atoms with Crippen molar-refractivity contribution < 1.29 is 4.87 Å². The third-order valence-electron chi connectivity index (χ3n) is 2.00. The second-order valence-corrected chi connectivity index (χ2v) is 3.11. The van der Waals surface area contributed by atoms with Crippen LogP contribution in [-0.4, -0.2) is 4.87 Å². The van der Waals surface area contributed by atoms with Gasteiger partial charge in [0.1, 0.15) is 5.69 Å². The van der Waals surface area contributed by atoms with Gasteiger partial charge in [0, 0.05) is 12.1 Å². The Morgan fingerprint density at radius 3 is 1.93 bits per heavy atom. The lowest BCUT2D eigenvalue weighted by Gasteiger charge is -1.95. The van der Waals surface area contributed by atoms with Crippen LogP contribution in [0.25, 0.3) is 0 Å². The monoisotopic (exact) mass is 199 g/mol. The number of hydrogen-bond acceptors (Lipinski definition) is 1. The van der Waals surface area contributed by atoms with E-state index in [1.165, 1.54) is 0 Å². The van der Waals surface area contributed by atoms with E-state index >= 15 is 0 Å². The summed E-state index contributed by atoms with van der Waals surface area (Å²) in [6.07, 6.45) is 0. The summed E-state index contributed by atoms with van der Waals surface area (Å²) in [5.74, 6) is 0. The first-order chi connectivity index (χ1) is 7.36. The van der Waals surface area contributed by atoms with Gasteiger partial charge in [-0.15, -0.1) is 5.43 Å². The van der Waals surface area contributed by atoms with E-state index in [1.807, 2.05) is 48.5 Å². The van der Waals surface area contributed by atoms with Crippen LogP contribution in [-0.2, 0) is 0 Å². The second kappa shape index (κ2) is 4.37. The molecular weight excluding hydrogens is 188 g/mol. The summed E-state index contributed by atoms with van der Waals surface area (Å²) >= 11 is 0. The highest BCUT2D eigenvalue weighted by molar-refractivity contribution is 5.41. The topological polar surface area (TPSA) is 32.1 Å². The van der Waals surface area contributed by atoms with Gasteiger partial charge in [-0.1, -0.05) is 36.4 Å². The van der Waals surface area contributed by atoms with Gasteiger partial charge < -0.3 is 0 Å². The van der Waals surface area contributed by atoms with E-state index in [-0.39, 0.29) is 0 Å². The van der Waals surface area contributed by atoms with E-state index in [4.69, 9.17) is 0 Å². The van der Waals surface area contributed by atoms with Crippen LogP contribution < -0.4 is 5.43 Å². The van der Waals surface area contributed by atoms with Crippen molar-refractivity contribution in [3.05, 3.63) is 65.6 Å². The highest BCUT2D eigenvalue weighted by Crippen LogP contribution is 2.12. The molecule has 1 N–H and O–H groups in total. The molecule has 0 spiro atoms. The number of anilines is 1. The summed E-state index contributed by atoms with van der Waals surface area (Å²) in [4.78, 5) is 12.4. The molecule has 0 radical (unpaired) electrons. The Balaban J connectivity index is 2.12. The standard InChI is InChI=1S/C12H11N2O/c15-14(12-9-5-2-6-10-12)13-11-7-3-1-4-8-11/h1-10H,(H,13,15)/q+1. The van der Waals surface area contributed by atoms with E-state index in [0.717, 1.165) is 10.6 Å². The molecule has 0 atom stereocenters. The largest absolute Gasteiger partial charge is 0.292 e. The zero-order chi connectivity index (χ0) is 10.5. The van der Waals surface area contributed by atoms with E-state index < -0.39 is 0 Å². The molecule has 0 saturated carbocycles. The van der Waals surface area contributed by atoms with Crippen LogP contribution in [0, 0.1) is 4.91 Å². The molecule has 0 unspecified atom stereocenters. The number of para-hydroxylation sites is 2. The Morgan fingerprint density at radius 1 is 0.800 bits per heavy atom. The van der Waals surface area contributed by atoms with E-state index in [9.17, 15) is 4.91 Å². The van der Waals surface area contributed by atoms with E-state index in [1.54, 1.807) is 12.1 Å². The maximum Gasteiger partial charge on any atom is 0.292 e. The molecule has 74 valence electrons. The van der Waals surface area contributed by atoms with Crippen molar-refractivity contribution in [2.75, 3.05) is 5.43 Å². The molecule has 2 rings (SSSR count). The molecule has 3 nitrogen and oxygen atoms in total. The Labute approximate surface area is 87.9 Å². The van der Waals surface area contributed by atoms with Gasteiger partial charge in [0.2, 0.25) is 0 Å². The summed E-state index contributed by atoms with van der Waals surface area (Å²) in [5.41, 5.74) is 4.09. The maximum atomic E-state index is 11.6. The fourth-order valence-electron chi connectivity index (χ4n) is 1.26. The summed E-state index contributed by atoms with van der Waals surface area (Å²) in [6, 6.07) is 18.4. The van der Waals surface area contributed by atoms with Gasteiger partial charge in [0.25, 0.3) is 5.69 Å². The quantitative estimate of drug-likeness (QED) is 0.608. The SMILES string of the molecule is O=[N+](Nc1ccccc1)c1ccccc1. The van der Waals surface area contributed by atoms with Gasteiger partial charge in [-0.25, -0.2) is 0 Å². The number of hydrogen-bond donors (Lipinski definition) is 1. The third kappa shape index (κ3) is 2.40. The fraction of sp³-hybridized carbons (Fsp3) is 0. The highest BCUT2D eigenvalue weighted by atomic mass is 16.3. The summed E-state index contributed by atoms with van der Waals surface area (Å²) in [6.45, 7) is 0. The van der Waals surface area contributed by atoms with Gasteiger partial charge in [-0.3, -0.25) is 0 Å². The zero-order valence-electron chi connectivity index (χ0n) is 8.13. The van der Waals surface area contributed by atoms with Crippen molar-refractivity contribution >= 4 is 11.4 Å². The highest BCUT2D eigenvalue weighted by Gasteiger charge is 2.11. The minimum atomic E-state index is 0.585. The average Bonchev–Trinajstić information content (AvgIpc) is 2.31. The Bertz CT molecular complexity index is 440. The number of nitroso groups, excluding NO2 is 1. The molecule has 0 aliphatic carbocycles. The summed E-state index contributed by atoms with van der Waals surface area (Å²) in [7, 11) is 0. The summed E-state index contributed by atoms with van der Waals surface area (Å²) < 4.78 is 0. The van der Waals surface area contributed by atoms with Crippen LogP contribution in [0.3, 0.4) is 0 Å². The van der Waals surface area contributed by atoms with Crippen molar-refractivity contribution in [1.29, 1.82) is 0 Å². The molecule has 0 amide bonds. The van der Waals surface area contributed by atoms with Crippen molar-refractivity contribution in [1.82, 2.24) is 0 Å². The van der Waals surface area contributed by atoms with Crippen LogP contribution >= 0.6 is 0 Å². The van der Waals surface area contributed by atoms with Crippen LogP contribution in [0.2, 0.25) is 0 Å². The first-order valence-corrected chi connectivity index (χ1v) is 4.70. The normalized spacial score (nSPS) is 9.60. The molecule has 15 heavy (non-hydrogen) atoms. The minimum absolute atomic E-state index is 0.585. The first-order valence-electron chi connectivity index (χ1n) is 4.70. The number of benzene rings is 2. The third-order valence-corrected chi connectivity index (χ3v) is 2.00. The Morgan fingerprint density at radius 2 is 1.33 bits per heavy atom. The molecule has 0 heterocycles. The number of rotatable bonds is 3. The van der Waals surface area contributed by atoms with Crippen molar-refractivity contribution in [2.45, 2.75) is 0 Å². The molecule has 0 aliphatic rings. The second-order valence-electron chi connectivity index (χ2n) is 3.11. The Hall–Kier alpha value is -2.16. The maximum absolute atomic E-state index is 11.6. The molecule has 0 saturated heterocycles. The molecule has 0 aliphatic heterocycles.